The highest BCUT2D eigenvalue weighted by atomic mass is 127. The van der Waals surface area contributed by atoms with Crippen molar-refractivity contribution in [2.45, 2.75) is 32.7 Å². The smallest absolute Gasteiger partial charge is 0.137 e. The first kappa shape index (κ1) is 15.2. The molecular weight excluding hydrogens is 351 g/mol. The predicted molar refractivity (Wildman–Crippen MR) is 87.1 cm³/mol. The monoisotopic (exact) mass is 374 g/mol. The van der Waals surface area contributed by atoms with Crippen LogP contribution >= 0.6 is 23.0 Å². The van der Waals surface area contributed by atoms with Gasteiger partial charge in [0, 0.05) is 32.7 Å². The first-order valence-electron chi connectivity index (χ1n) is 6.84. The van der Waals surface area contributed by atoms with E-state index in [1.165, 1.54) is 11.1 Å². The summed E-state index contributed by atoms with van der Waals surface area (Å²) in [4.78, 5) is 2.48. The molecule has 0 spiro atoms. The molecule has 1 aromatic carbocycles. The van der Waals surface area contributed by atoms with Gasteiger partial charge in [-0.25, -0.2) is 3.17 Å². The summed E-state index contributed by atoms with van der Waals surface area (Å²) in [5.74, 6) is 0. The Morgan fingerprint density at radius 1 is 1.05 bits per heavy atom. The lowest BCUT2D eigenvalue weighted by Gasteiger charge is -2.32. The molecule has 0 radical (unpaired) electrons. The normalized spacial score (nSPS) is 18.7. The van der Waals surface area contributed by atoms with Crippen LogP contribution in [0.4, 0.5) is 0 Å². The van der Waals surface area contributed by atoms with Crippen molar-refractivity contribution in [2.24, 2.45) is 0 Å². The zero-order chi connectivity index (χ0) is 13.9. The zero-order valence-electron chi connectivity index (χ0n) is 12.0. The van der Waals surface area contributed by atoms with Crippen LogP contribution in [0.1, 0.15) is 31.9 Å². The molecule has 0 saturated carbocycles. The lowest BCUT2D eigenvalue weighted by Crippen LogP contribution is -2.44. The molecule has 0 aromatic heterocycles. The van der Waals surface area contributed by atoms with Gasteiger partial charge in [-0.05, 0) is 16.5 Å². The lowest BCUT2D eigenvalue weighted by atomic mass is 9.87. The van der Waals surface area contributed by atoms with Crippen molar-refractivity contribution >= 4 is 23.0 Å². The van der Waals surface area contributed by atoms with Gasteiger partial charge >= 0.3 is 0 Å². The minimum atomic E-state index is 0.238. The van der Waals surface area contributed by atoms with Crippen LogP contribution in [0, 0.1) is 0 Å². The summed E-state index contributed by atoms with van der Waals surface area (Å²) in [5.41, 5.74) is 3.04. The Morgan fingerprint density at radius 2 is 1.63 bits per heavy atom. The van der Waals surface area contributed by atoms with E-state index in [4.69, 9.17) is 3.17 Å². The molecular formula is C15H23IN2O. The quantitative estimate of drug-likeness (QED) is 0.755. The molecule has 1 aliphatic rings. The Hall–Kier alpha value is -0.170. The third kappa shape index (κ3) is 4.41. The molecule has 0 aliphatic carbocycles. The molecule has 0 atom stereocenters. The molecule has 1 aromatic rings. The van der Waals surface area contributed by atoms with E-state index in [1.807, 2.05) is 28.1 Å². The number of hydroxylamine groups is 2. The van der Waals surface area contributed by atoms with Crippen molar-refractivity contribution in [1.29, 1.82) is 0 Å². The van der Waals surface area contributed by atoms with E-state index in [9.17, 15) is 0 Å². The second-order valence-electron chi connectivity index (χ2n) is 6.22. The number of nitrogens with zero attached hydrogens (tertiary/aromatic N) is 2. The molecule has 1 saturated heterocycles. The van der Waals surface area contributed by atoms with Crippen molar-refractivity contribution in [3.8, 4) is 0 Å². The summed E-state index contributed by atoms with van der Waals surface area (Å²) in [6.45, 7) is 11.9. The zero-order valence-corrected chi connectivity index (χ0v) is 14.2. The van der Waals surface area contributed by atoms with Crippen LogP contribution in [0.25, 0.3) is 0 Å². The number of benzene rings is 1. The number of hydrogen-bond donors (Lipinski definition) is 0. The van der Waals surface area contributed by atoms with E-state index < -0.39 is 0 Å². The summed E-state index contributed by atoms with van der Waals surface area (Å²) in [6.07, 6.45) is 0. The maximum Gasteiger partial charge on any atom is 0.137 e. The first-order chi connectivity index (χ1) is 8.99. The Bertz CT molecular complexity index is 392. The van der Waals surface area contributed by atoms with Gasteiger partial charge in [0.1, 0.15) is 23.0 Å². The SMILES string of the molecule is CC(C)(C)c1ccc(CN2CCN(OI)CC2)cc1. The molecule has 1 heterocycles. The Balaban J connectivity index is 1.90. The molecule has 0 bridgehead atoms. The van der Waals surface area contributed by atoms with Gasteiger partial charge in [0.15, 0.2) is 0 Å². The van der Waals surface area contributed by atoms with Gasteiger partial charge < -0.3 is 0 Å². The van der Waals surface area contributed by atoms with Crippen LogP contribution in [0.2, 0.25) is 0 Å². The maximum atomic E-state index is 5.22. The van der Waals surface area contributed by atoms with Gasteiger partial charge in [0.2, 0.25) is 0 Å². The molecule has 3 nitrogen and oxygen atoms in total. The van der Waals surface area contributed by atoms with Gasteiger partial charge in [-0.1, -0.05) is 45.0 Å². The average Bonchev–Trinajstić information content (AvgIpc) is 2.39. The second-order valence-corrected chi connectivity index (χ2v) is 6.62. The minimum Gasteiger partial charge on any atom is -0.296 e. The van der Waals surface area contributed by atoms with E-state index in [2.05, 4.69) is 49.9 Å². The van der Waals surface area contributed by atoms with Crippen LogP contribution in [0.3, 0.4) is 0 Å². The van der Waals surface area contributed by atoms with Crippen molar-refractivity contribution in [1.82, 2.24) is 9.96 Å². The fourth-order valence-corrected chi connectivity index (χ4v) is 2.72. The van der Waals surface area contributed by atoms with Crippen LogP contribution in [0.15, 0.2) is 24.3 Å². The number of halogens is 1. The minimum absolute atomic E-state index is 0.238. The fourth-order valence-electron chi connectivity index (χ4n) is 2.32. The number of rotatable bonds is 3. The van der Waals surface area contributed by atoms with Crippen molar-refractivity contribution < 1.29 is 3.17 Å². The van der Waals surface area contributed by atoms with Crippen LogP contribution in [-0.2, 0) is 15.1 Å². The number of hydrogen-bond acceptors (Lipinski definition) is 3. The summed E-state index contributed by atoms with van der Waals surface area (Å²) in [6, 6.07) is 9.06. The predicted octanol–water partition coefficient (Wildman–Crippen LogP) is 3.38. The Kier molecular flexibility index (Phi) is 5.22. The summed E-state index contributed by atoms with van der Waals surface area (Å²) >= 11 is 1.96. The van der Waals surface area contributed by atoms with Gasteiger partial charge in [-0.15, -0.1) is 0 Å². The average molecular weight is 374 g/mol. The standard InChI is InChI=1S/C15H23IN2O/c1-15(2,3)14-6-4-13(5-7-14)12-17-8-10-18(19-16)11-9-17/h4-7H,8-12H2,1-3H3. The molecule has 1 aliphatic heterocycles. The number of piperazine rings is 1. The van der Waals surface area contributed by atoms with E-state index in [-0.39, 0.29) is 5.41 Å². The topological polar surface area (TPSA) is 15.7 Å². The van der Waals surface area contributed by atoms with E-state index >= 15 is 0 Å². The van der Waals surface area contributed by atoms with Gasteiger partial charge in [0.25, 0.3) is 0 Å². The first-order valence-corrected chi connectivity index (χ1v) is 7.72. The Morgan fingerprint density at radius 3 is 2.11 bits per heavy atom. The molecule has 4 heteroatoms. The third-order valence-corrected chi connectivity index (χ3v) is 4.21. The summed E-state index contributed by atoms with van der Waals surface area (Å²) < 4.78 is 5.22. The fraction of sp³-hybridized carbons (Fsp3) is 0.600. The van der Waals surface area contributed by atoms with Gasteiger partial charge in [-0.2, -0.15) is 5.06 Å². The highest BCUT2D eigenvalue weighted by molar-refractivity contribution is 14.1. The maximum absolute atomic E-state index is 5.22. The third-order valence-electron chi connectivity index (χ3n) is 3.65. The summed E-state index contributed by atoms with van der Waals surface area (Å²) in [7, 11) is 0. The molecule has 0 unspecified atom stereocenters. The van der Waals surface area contributed by atoms with Crippen molar-refractivity contribution in [3.05, 3.63) is 35.4 Å². The molecule has 2 rings (SSSR count). The van der Waals surface area contributed by atoms with Crippen LogP contribution in [-0.4, -0.2) is 36.1 Å². The van der Waals surface area contributed by atoms with E-state index in [0.717, 1.165) is 32.7 Å². The summed E-state index contributed by atoms with van der Waals surface area (Å²) in [5, 5.41) is 2.01. The molecule has 19 heavy (non-hydrogen) atoms. The van der Waals surface area contributed by atoms with Gasteiger partial charge in [-0.3, -0.25) is 4.90 Å². The van der Waals surface area contributed by atoms with Crippen LogP contribution < -0.4 is 0 Å². The second kappa shape index (κ2) is 6.52. The Labute approximate surface area is 130 Å². The van der Waals surface area contributed by atoms with Crippen molar-refractivity contribution in [2.75, 3.05) is 26.2 Å². The van der Waals surface area contributed by atoms with Crippen LogP contribution in [0.5, 0.6) is 0 Å². The van der Waals surface area contributed by atoms with Gasteiger partial charge in [0.05, 0.1) is 0 Å². The van der Waals surface area contributed by atoms with E-state index in [1.54, 1.807) is 0 Å². The molecule has 106 valence electrons. The highest BCUT2D eigenvalue weighted by Gasteiger charge is 2.17. The molecule has 0 N–H and O–H groups in total. The molecule has 1 fully saturated rings. The molecule has 0 amide bonds. The highest BCUT2D eigenvalue weighted by Crippen LogP contribution is 2.22. The van der Waals surface area contributed by atoms with Crippen molar-refractivity contribution in [3.63, 3.8) is 0 Å². The lowest BCUT2D eigenvalue weighted by molar-refractivity contribution is -0.0510. The largest absolute Gasteiger partial charge is 0.296 e. The van der Waals surface area contributed by atoms with E-state index in [0.29, 0.717) is 0 Å².